The second-order valence-corrected chi connectivity index (χ2v) is 10.1. The summed E-state index contributed by atoms with van der Waals surface area (Å²) >= 11 is 12.0. The van der Waals surface area contributed by atoms with Crippen molar-refractivity contribution >= 4 is 56.6 Å². The van der Waals surface area contributed by atoms with E-state index in [0.717, 1.165) is 4.90 Å². The van der Waals surface area contributed by atoms with Crippen LogP contribution in [0.5, 0.6) is 0 Å². The van der Waals surface area contributed by atoms with Crippen LogP contribution in [0.4, 0.5) is 5.69 Å². The highest BCUT2D eigenvalue weighted by molar-refractivity contribution is 7.89. The molecule has 3 amide bonds. The summed E-state index contributed by atoms with van der Waals surface area (Å²) in [6.07, 6.45) is 0.375. The lowest BCUT2D eigenvalue weighted by Crippen LogP contribution is -2.50. The number of rotatable bonds is 4. The maximum Gasteiger partial charge on any atom is 0.253 e. The molecule has 32 heavy (non-hydrogen) atoms. The van der Waals surface area contributed by atoms with E-state index >= 15 is 0 Å². The lowest BCUT2D eigenvalue weighted by molar-refractivity contribution is -0.121. The average molecular weight is 496 g/mol. The minimum Gasteiger partial charge on any atom is -0.336 e. The number of carbonyl (C=O) groups excluding carboxylic acids is 3. The summed E-state index contributed by atoms with van der Waals surface area (Å²) in [5.41, 5.74) is 0.824. The Morgan fingerprint density at radius 2 is 1.44 bits per heavy atom. The molecule has 0 N–H and O–H groups in total. The lowest BCUT2D eigenvalue weighted by Gasteiger charge is -2.34. The summed E-state index contributed by atoms with van der Waals surface area (Å²) in [6.45, 7) is 0.653. The second-order valence-electron chi connectivity index (χ2n) is 7.42. The molecule has 2 aromatic carbocycles. The van der Waals surface area contributed by atoms with E-state index < -0.39 is 10.0 Å². The molecule has 8 nitrogen and oxygen atoms in total. The van der Waals surface area contributed by atoms with Crippen LogP contribution in [0.2, 0.25) is 10.0 Å². The van der Waals surface area contributed by atoms with E-state index in [4.69, 9.17) is 23.2 Å². The number of benzene rings is 2. The van der Waals surface area contributed by atoms with Crippen molar-refractivity contribution in [2.24, 2.45) is 0 Å². The van der Waals surface area contributed by atoms with Gasteiger partial charge in [-0.2, -0.15) is 4.31 Å². The second kappa shape index (κ2) is 8.82. The van der Waals surface area contributed by atoms with Gasteiger partial charge in [0.05, 0.1) is 15.7 Å². The maximum atomic E-state index is 12.9. The van der Waals surface area contributed by atoms with E-state index in [-0.39, 0.29) is 71.7 Å². The molecule has 168 valence electrons. The van der Waals surface area contributed by atoms with Crippen LogP contribution in [0.3, 0.4) is 0 Å². The van der Waals surface area contributed by atoms with Crippen LogP contribution < -0.4 is 4.90 Å². The Balaban J connectivity index is 1.43. The van der Waals surface area contributed by atoms with Gasteiger partial charge in [-0.25, -0.2) is 8.42 Å². The molecule has 0 bridgehead atoms. The number of piperazine rings is 1. The van der Waals surface area contributed by atoms with Crippen LogP contribution in [-0.2, 0) is 19.6 Å². The first-order chi connectivity index (χ1) is 15.2. The lowest BCUT2D eigenvalue weighted by atomic mass is 10.1. The standard InChI is InChI=1S/C21H19Cl2N3O5S/c22-16-2-1-3-17(20(16)23)32(30,31)25-12-10-24(11-13-25)21(29)14-4-6-15(7-5-14)26-18(27)8-9-19(26)28/h1-7H,8-13H2. The Hall–Kier alpha value is -2.46. The van der Waals surface area contributed by atoms with Crippen LogP contribution in [-0.4, -0.2) is 61.5 Å². The van der Waals surface area contributed by atoms with Crippen LogP contribution >= 0.6 is 23.2 Å². The number of hydrogen-bond donors (Lipinski definition) is 0. The van der Waals surface area contributed by atoms with Gasteiger partial charge in [0.1, 0.15) is 4.90 Å². The van der Waals surface area contributed by atoms with Crippen molar-refractivity contribution in [1.29, 1.82) is 0 Å². The SMILES string of the molecule is O=C(c1ccc(N2C(=O)CCC2=O)cc1)N1CCN(S(=O)(=O)c2cccc(Cl)c2Cl)CC1. The summed E-state index contributed by atoms with van der Waals surface area (Å²) in [5, 5.41) is 0.130. The van der Waals surface area contributed by atoms with Crippen molar-refractivity contribution in [3.05, 3.63) is 58.1 Å². The normalized spacial score (nSPS) is 17.8. The van der Waals surface area contributed by atoms with Crippen molar-refractivity contribution in [3.63, 3.8) is 0 Å². The fourth-order valence-corrected chi connectivity index (χ4v) is 5.91. The molecule has 0 aromatic heterocycles. The van der Waals surface area contributed by atoms with E-state index in [1.807, 2.05) is 0 Å². The van der Waals surface area contributed by atoms with Crippen molar-refractivity contribution in [2.45, 2.75) is 17.7 Å². The molecule has 2 aliphatic rings. The molecule has 2 fully saturated rings. The van der Waals surface area contributed by atoms with Gasteiger partial charge in [0.15, 0.2) is 0 Å². The number of sulfonamides is 1. The highest BCUT2D eigenvalue weighted by Gasteiger charge is 2.33. The zero-order chi connectivity index (χ0) is 23.0. The Bertz CT molecular complexity index is 1180. The van der Waals surface area contributed by atoms with Crippen LogP contribution in [0.15, 0.2) is 47.4 Å². The molecule has 2 aromatic rings. The molecule has 11 heteroatoms. The van der Waals surface area contributed by atoms with Crippen molar-refractivity contribution < 1.29 is 22.8 Å². The Labute approximate surface area is 195 Å². The number of carbonyl (C=O) groups is 3. The minimum atomic E-state index is -3.84. The fraction of sp³-hybridized carbons (Fsp3) is 0.286. The highest BCUT2D eigenvalue weighted by Crippen LogP contribution is 2.31. The fourth-order valence-electron chi connectivity index (χ4n) is 3.75. The summed E-state index contributed by atoms with van der Waals surface area (Å²) in [5.74, 6) is -0.772. The third-order valence-corrected chi connectivity index (χ3v) is 8.36. The molecule has 2 aliphatic heterocycles. The van der Waals surface area contributed by atoms with Crippen molar-refractivity contribution in [1.82, 2.24) is 9.21 Å². The zero-order valence-corrected chi connectivity index (χ0v) is 19.2. The van der Waals surface area contributed by atoms with Gasteiger partial charge in [-0.05, 0) is 36.4 Å². The number of nitrogens with zero attached hydrogens (tertiary/aromatic N) is 3. The van der Waals surface area contributed by atoms with Gasteiger partial charge in [-0.15, -0.1) is 0 Å². The molecule has 0 spiro atoms. The van der Waals surface area contributed by atoms with Gasteiger partial charge in [-0.3, -0.25) is 19.3 Å². The number of imide groups is 1. The topological polar surface area (TPSA) is 95.1 Å². The molecule has 2 saturated heterocycles. The predicted octanol–water partition coefficient (Wildman–Crippen LogP) is 2.79. The van der Waals surface area contributed by atoms with Gasteiger partial charge in [0.2, 0.25) is 21.8 Å². The molecule has 0 unspecified atom stereocenters. The molecule has 0 aliphatic carbocycles. The number of amides is 3. The van der Waals surface area contributed by atoms with Gasteiger partial charge in [0.25, 0.3) is 5.91 Å². The third kappa shape index (κ3) is 4.13. The Kier molecular flexibility index (Phi) is 6.26. The van der Waals surface area contributed by atoms with Gasteiger partial charge >= 0.3 is 0 Å². The predicted molar refractivity (Wildman–Crippen MR) is 119 cm³/mol. The van der Waals surface area contributed by atoms with Crippen molar-refractivity contribution in [2.75, 3.05) is 31.1 Å². The first-order valence-corrected chi connectivity index (χ1v) is 12.1. The van der Waals surface area contributed by atoms with E-state index in [1.165, 1.54) is 22.5 Å². The first kappa shape index (κ1) is 22.7. The number of anilines is 1. The average Bonchev–Trinajstić information content (AvgIpc) is 3.13. The molecule has 2 heterocycles. The van der Waals surface area contributed by atoms with Crippen LogP contribution in [0.1, 0.15) is 23.2 Å². The van der Waals surface area contributed by atoms with Crippen LogP contribution in [0.25, 0.3) is 0 Å². The van der Waals surface area contributed by atoms with Crippen LogP contribution in [0, 0.1) is 0 Å². The first-order valence-electron chi connectivity index (χ1n) is 9.89. The third-order valence-electron chi connectivity index (χ3n) is 5.48. The van der Waals surface area contributed by atoms with E-state index in [1.54, 1.807) is 29.2 Å². The molecular weight excluding hydrogens is 477 g/mol. The highest BCUT2D eigenvalue weighted by atomic mass is 35.5. The van der Waals surface area contributed by atoms with E-state index in [2.05, 4.69) is 0 Å². The molecule has 0 saturated carbocycles. The molecule has 0 radical (unpaired) electrons. The molecular formula is C21H19Cl2N3O5S. The summed E-state index contributed by atoms with van der Waals surface area (Å²) in [7, 11) is -3.84. The Morgan fingerprint density at radius 1 is 0.844 bits per heavy atom. The largest absolute Gasteiger partial charge is 0.336 e. The molecule has 0 atom stereocenters. The number of hydrogen-bond acceptors (Lipinski definition) is 5. The minimum absolute atomic E-state index is 0.0253. The number of halogens is 2. The maximum absolute atomic E-state index is 12.9. The zero-order valence-electron chi connectivity index (χ0n) is 16.8. The van der Waals surface area contributed by atoms with E-state index in [9.17, 15) is 22.8 Å². The van der Waals surface area contributed by atoms with Gasteiger partial charge in [0, 0.05) is 44.6 Å². The summed E-state index contributed by atoms with van der Waals surface area (Å²) < 4.78 is 27.2. The summed E-state index contributed by atoms with van der Waals surface area (Å²) in [6, 6.07) is 10.7. The van der Waals surface area contributed by atoms with Gasteiger partial charge < -0.3 is 4.90 Å². The molecule has 4 rings (SSSR count). The monoisotopic (exact) mass is 495 g/mol. The quantitative estimate of drug-likeness (QED) is 0.607. The Morgan fingerprint density at radius 3 is 2.03 bits per heavy atom. The van der Waals surface area contributed by atoms with Gasteiger partial charge in [-0.1, -0.05) is 29.3 Å². The summed E-state index contributed by atoms with van der Waals surface area (Å²) in [4.78, 5) is 39.2. The smallest absolute Gasteiger partial charge is 0.253 e. The van der Waals surface area contributed by atoms with Crippen molar-refractivity contribution in [3.8, 4) is 0 Å². The van der Waals surface area contributed by atoms with E-state index in [0.29, 0.717) is 11.3 Å².